The van der Waals surface area contributed by atoms with Gasteiger partial charge in [-0.3, -0.25) is 0 Å². The van der Waals surface area contributed by atoms with Gasteiger partial charge < -0.3 is 9.15 Å². The molecule has 6 nitrogen and oxygen atoms in total. The van der Waals surface area contributed by atoms with Gasteiger partial charge in [-0.2, -0.15) is 4.31 Å². The van der Waals surface area contributed by atoms with E-state index in [9.17, 15) is 13.2 Å². The number of ether oxygens (including phenoxy) is 1. The van der Waals surface area contributed by atoms with Gasteiger partial charge >= 0.3 is 5.97 Å². The molecule has 0 N–H and O–H groups in total. The average molecular weight is 437 g/mol. The quantitative estimate of drug-likeness (QED) is 0.645. The van der Waals surface area contributed by atoms with Crippen LogP contribution in [0.2, 0.25) is 5.02 Å². The topological polar surface area (TPSA) is 76.8 Å². The molecule has 0 spiro atoms. The van der Waals surface area contributed by atoms with Gasteiger partial charge in [0.1, 0.15) is 16.9 Å². The van der Waals surface area contributed by atoms with E-state index in [1.807, 2.05) is 0 Å². The summed E-state index contributed by atoms with van der Waals surface area (Å²) in [5.41, 5.74) is 0.235. The first-order valence-corrected chi connectivity index (χ1v) is 9.52. The normalized spacial score (nSPS) is 11.7. The minimum Gasteiger partial charge on any atom is -0.467 e. The number of carbonyl (C=O) groups is 1. The Morgan fingerprint density at radius 3 is 2.71 bits per heavy atom. The van der Waals surface area contributed by atoms with Crippen molar-refractivity contribution in [3.8, 4) is 0 Å². The van der Waals surface area contributed by atoms with Gasteiger partial charge in [0.05, 0.1) is 23.7 Å². The summed E-state index contributed by atoms with van der Waals surface area (Å²) in [7, 11) is -2.40. The molecule has 0 aliphatic carbocycles. The van der Waals surface area contributed by atoms with Crippen LogP contribution in [0.3, 0.4) is 0 Å². The summed E-state index contributed by atoms with van der Waals surface area (Å²) >= 11 is 9.25. The fourth-order valence-corrected chi connectivity index (χ4v) is 4.09. The number of benzene rings is 1. The Labute approximate surface area is 153 Å². The molecule has 0 bridgehead atoms. The Bertz CT molecular complexity index is 849. The number of sulfonamides is 1. The van der Waals surface area contributed by atoms with Crippen molar-refractivity contribution in [1.82, 2.24) is 4.31 Å². The number of halogens is 2. The summed E-state index contributed by atoms with van der Waals surface area (Å²) in [6, 6.07) is 5.98. The monoisotopic (exact) mass is 435 g/mol. The smallest absolute Gasteiger partial charge is 0.341 e. The minimum atomic E-state index is -3.80. The molecular formula is C15H15BrClNO5S. The molecule has 9 heteroatoms. The molecule has 1 aromatic carbocycles. The van der Waals surface area contributed by atoms with Crippen LogP contribution in [0.15, 0.2) is 44.3 Å². The summed E-state index contributed by atoms with van der Waals surface area (Å²) in [5.74, 6) is -0.202. The molecule has 0 saturated carbocycles. The van der Waals surface area contributed by atoms with Gasteiger partial charge in [0.25, 0.3) is 0 Å². The van der Waals surface area contributed by atoms with Crippen molar-refractivity contribution in [2.45, 2.75) is 18.4 Å². The molecule has 130 valence electrons. The van der Waals surface area contributed by atoms with Crippen molar-refractivity contribution >= 4 is 43.5 Å². The fourth-order valence-electron chi connectivity index (χ4n) is 1.94. The Balaban J connectivity index is 2.19. The van der Waals surface area contributed by atoms with E-state index in [4.69, 9.17) is 20.8 Å². The van der Waals surface area contributed by atoms with Crippen LogP contribution in [-0.4, -0.2) is 32.3 Å². The summed E-state index contributed by atoms with van der Waals surface area (Å²) in [6.45, 7) is 1.89. The molecule has 1 heterocycles. The van der Waals surface area contributed by atoms with Gasteiger partial charge in [0.15, 0.2) is 0 Å². The van der Waals surface area contributed by atoms with Crippen molar-refractivity contribution in [2.24, 2.45) is 0 Å². The van der Waals surface area contributed by atoms with E-state index in [-0.39, 0.29) is 28.6 Å². The average Bonchev–Trinajstić information content (AvgIpc) is 2.95. The van der Waals surface area contributed by atoms with Crippen LogP contribution in [0.4, 0.5) is 0 Å². The van der Waals surface area contributed by atoms with Crippen LogP contribution in [0, 0.1) is 0 Å². The van der Waals surface area contributed by atoms with Crippen LogP contribution in [0.5, 0.6) is 0 Å². The molecule has 0 fully saturated rings. The highest BCUT2D eigenvalue weighted by molar-refractivity contribution is 9.10. The third-order valence-electron chi connectivity index (χ3n) is 3.13. The second kappa shape index (κ2) is 7.69. The number of carbonyl (C=O) groups excluding carboxylic acids is 1. The van der Waals surface area contributed by atoms with Crippen molar-refractivity contribution in [2.75, 3.05) is 13.7 Å². The third kappa shape index (κ3) is 4.18. The fraction of sp³-hybridized carbons (Fsp3) is 0.267. The SMILES string of the molecule is CCOC(=O)c1coc(CN(C)S(=O)(=O)c2ccc(Br)cc2Cl)c1. The maximum Gasteiger partial charge on any atom is 0.341 e. The molecule has 2 rings (SSSR count). The predicted molar refractivity (Wildman–Crippen MR) is 92.5 cm³/mol. The lowest BCUT2D eigenvalue weighted by Gasteiger charge is -2.16. The Morgan fingerprint density at radius 1 is 1.38 bits per heavy atom. The molecule has 0 unspecified atom stereocenters. The van der Waals surface area contributed by atoms with Crippen molar-refractivity contribution in [3.63, 3.8) is 0 Å². The number of hydrogen-bond donors (Lipinski definition) is 0. The third-order valence-corrected chi connectivity index (χ3v) is 5.91. The van der Waals surface area contributed by atoms with Gasteiger partial charge in [-0.15, -0.1) is 0 Å². The van der Waals surface area contributed by atoms with E-state index in [0.717, 1.165) is 4.31 Å². The van der Waals surface area contributed by atoms with Gasteiger partial charge in [0, 0.05) is 11.5 Å². The highest BCUT2D eigenvalue weighted by atomic mass is 79.9. The van der Waals surface area contributed by atoms with E-state index in [2.05, 4.69) is 15.9 Å². The molecule has 0 aliphatic heterocycles. The predicted octanol–water partition coefficient (Wildman–Crippen LogP) is 3.69. The van der Waals surface area contributed by atoms with Gasteiger partial charge in [0.2, 0.25) is 10.0 Å². The first kappa shape index (κ1) is 19.0. The molecular weight excluding hydrogens is 422 g/mol. The molecule has 0 aliphatic rings. The zero-order valence-electron chi connectivity index (χ0n) is 13.0. The van der Waals surface area contributed by atoms with Crippen molar-refractivity contribution in [1.29, 1.82) is 0 Å². The van der Waals surface area contributed by atoms with Crippen LogP contribution >= 0.6 is 27.5 Å². The molecule has 0 saturated heterocycles. The largest absolute Gasteiger partial charge is 0.467 e. The Hall–Kier alpha value is -1.35. The van der Waals surface area contributed by atoms with Crippen molar-refractivity contribution < 1.29 is 22.4 Å². The zero-order valence-corrected chi connectivity index (χ0v) is 16.1. The van der Waals surface area contributed by atoms with E-state index in [1.165, 1.54) is 31.5 Å². The maximum atomic E-state index is 12.6. The van der Waals surface area contributed by atoms with E-state index >= 15 is 0 Å². The molecule has 1 aromatic heterocycles. The highest BCUT2D eigenvalue weighted by Gasteiger charge is 2.25. The first-order valence-electron chi connectivity index (χ1n) is 6.91. The summed E-state index contributed by atoms with van der Waals surface area (Å²) in [6.07, 6.45) is 1.24. The number of hydrogen-bond acceptors (Lipinski definition) is 5. The standard InChI is InChI=1S/C15H15BrClNO5S/c1-3-22-15(19)10-6-12(23-9-10)8-18(2)24(20,21)14-5-4-11(16)7-13(14)17/h4-7,9H,3,8H2,1-2H3. The lowest BCUT2D eigenvalue weighted by atomic mass is 10.3. The highest BCUT2D eigenvalue weighted by Crippen LogP contribution is 2.28. The lowest BCUT2D eigenvalue weighted by molar-refractivity contribution is 0.0525. The summed E-state index contributed by atoms with van der Waals surface area (Å²) < 4.78 is 37.1. The first-order chi connectivity index (χ1) is 11.3. The van der Waals surface area contributed by atoms with Crippen molar-refractivity contribution in [3.05, 3.63) is 51.3 Å². The Morgan fingerprint density at radius 2 is 2.08 bits per heavy atom. The Kier molecular flexibility index (Phi) is 6.08. The van der Waals surface area contributed by atoms with Crippen LogP contribution in [0.1, 0.15) is 23.0 Å². The number of rotatable bonds is 6. The second-order valence-electron chi connectivity index (χ2n) is 4.86. The van der Waals surface area contributed by atoms with E-state index in [0.29, 0.717) is 10.2 Å². The molecule has 2 aromatic rings. The molecule has 0 amide bonds. The number of furan rings is 1. The lowest BCUT2D eigenvalue weighted by Crippen LogP contribution is -2.26. The number of esters is 1. The van der Waals surface area contributed by atoms with Gasteiger partial charge in [-0.1, -0.05) is 27.5 Å². The molecule has 0 atom stereocenters. The maximum absolute atomic E-state index is 12.6. The van der Waals surface area contributed by atoms with E-state index in [1.54, 1.807) is 13.0 Å². The van der Waals surface area contributed by atoms with Crippen LogP contribution < -0.4 is 0 Å². The van der Waals surface area contributed by atoms with Crippen LogP contribution in [0.25, 0.3) is 0 Å². The number of nitrogens with zero attached hydrogens (tertiary/aromatic N) is 1. The van der Waals surface area contributed by atoms with Gasteiger partial charge in [-0.05, 0) is 31.2 Å². The zero-order chi connectivity index (χ0) is 17.9. The summed E-state index contributed by atoms with van der Waals surface area (Å²) in [5, 5.41) is 0.114. The summed E-state index contributed by atoms with van der Waals surface area (Å²) in [4.78, 5) is 11.6. The molecule has 0 radical (unpaired) electrons. The van der Waals surface area contributed by atoms with E-state index < -0.39 is 16.0 Å². The van der Waals surface area contributed by atoms with Crippen LogP contribution in [-0.2, 0) is 21.3 Å². The minimum absolute atomic E-state index is 0.00737. The second-order valence-corrected chi connectivity index (χ2v) is 8.19. The molecule has 24 heavy (non-hydrogen) atoms. The van der Waals surface area contributed by atoms with Gasteiger partial charge in [-0.25, -0.2) is 13.2 Å².